The van der Waals surface area contributed by atoms with Crippen molar-refractivity contribution in [1.29, 1.82) is 0 Å². The van der Waals surface area contributed by atoms with Gasteiger partial charge in [0.25, 0.3) is 0 Å². The third-order valence-electron chi connectivity index (χ3n) is 2.21. The van der Waals surface area contributed by atoms with Crippen molar-refractivity contribution in [2.75, 3.05) is 5.75 Å². The fourth-order valence-electron chi connectivity index (χ4n) is 1.47. The minimum atomic E-state index is -0.249. The molecule has 0 fully saturated rings. The molecule has 0 aliphatic rings. The molecule has 0 radical (unpaired) electrons. The molecule has 2 rings (SSSR count). The maximum Gasteiger partial charge on any atom is 0.0606 e. The van der Waals surface area contributed by atoms with E-state index in [2.05, 4.69) is 30.3 Å². The minimum Gasteiger partial charge on any atom is -0.393 e. The summed E-state index contributed by atoms with van der Waals surface area (Å²) in [6.45, 7) is 1.81. The van der Waals surface area contributed by atoms with Crippen molar-refractivity contribution >= 4 is 22.5 Å². The Hall–Kier alpha value is -0.990. The molecule has 2 heteroatoms. The Morgan fingerprint density at radius 2 is 1.87 bits per heavy atom. The van der Waals surface area contributed by atoms with Crippen molar-refractivity contribution in [3.05, 3.63) is 42.5 Å². The first kappa shape index (κ1) is 10.5. The van der Waals surface area contributed by atoms with E-state index in [1.54, 1.807) is 11.8 Å². The van der Waals surface area contributed by atoms with E-state index in [-0.39, 0.29) is 6.10 Å². The second-order valence-electron chi connectivity index (χ2n) is 3.67. The summed E-state index contributed by atoms with van der Waals surface area (Å²) in [5.41, 5.74) is 0. The molecule has 1 atom stereocenters. The van der Waals surface area contributed by atoms with Crippen molar-refractivity contribution in [3.63, 3.8) is 0 Å². The number of thioether (sulfide) groups is 1. The summed E-state index contributed by atoms with van der Waals surface area (Å²) in [5, 5.41) is 11.7. The molecule has 0 bridgehead atoms. The Labute approximate surface area is 94.1 Å². The number of hydrogen-bond acceptors (Lipinski definition) is 2. The standard InChI is InChI=1S/C13H14OS/c1-10(14)9-15-13-7-6-11-4-2-3-5-12(11)8-13/h2-8,10,14H,9H2,1H3/t10-/m1/s1. The van der Waals surface area contributed by atoms with Gasteiger partial charge in [0.05, 0.1) is 6.10 Å². The van der Waals surface area contributed by atoms with Crippen LogP contribution >= 0.6 is 11.8 Å². The lowest BCUT2D eigenvalue weighted by molar-refractivity contribution is 0.220. The average molecular weight is 218 g/mol. The van der Waals surface area contributed by atoms with E-state index in [0.717, 1.165) is 5.75 Å². The fourth-order valence-corrected chi connectivity index (χ4v) is 2.28. The van der Waals surface area contributed by atoms with Crippen LogP contribution in [0.5, 0.6) is 0 Å². The normalized spacial score (nSPS) is 12.9. The highest BCUT2D eigenvalue weighted by atomic mass is 32.2. The molecule has 0 spiro atoms. The molecule has 0 aromatic heterocycles. The summed E-state index contributed by atoms with van der Waals surface area (Å²) in [6.07, 6.45) is -0.249. The van der Waals surface area contributed by atoms with Gasteiger partial charge in [0, 0.05) is 10.6 Å². The van der Waals surface area contributed by atoms with Gasteiger partial charge in [-0.2, -0.15) is 0 Å². The zero-order valence-electron chi connectivity index (χ0n) is 8.68. The third kappa shape index (κ3) is 2.74. The lowest BCUT2D eigenvalue weighted by Gasteiger charge is -2.05. The van der Waals surface area contributed by atoms with Crippen LogP contribution in [0.4, 0.5) is 0 Å². The lowest BCUT2D eigenvalue weighted by atomic mass is 10.1. The van der Waals surface area contributed by atoms with Gasteiger partial charge in [-0.05, 0) is 29.8 Å². The summed E-state index contributed by atoms with van der Waals surface area (Å²) in [4.78, 5) is 1.22. The highest BCUT2D eigenvalue weighted by molar-refractivity contribution is 7.99. The second-order valence-corrected chi connectivity index (χ2v) is 4.76. The molecule has 2 aromatic carbocycles. The largest absolute Gasteiger partial charge is 0.393 e. The van der Waals surface area contributed by atoms with E-state index in [1.807, 2.05) is 19.1 Å². The first-order chi connectivity index (χ1) is 7.25. The first-order valence-corrected chi connectivity index (χ1v) is 6.04. The molecule has 2 aromatic rings. The Balaban J connectivity index is 2.23. The van der Waals surface area contributed by atoms with Gasteiger partial charge in [-0.15, -0.1) is 11.8 Å². The molecule has 78 valence electrons. The van der Waals surface area contributed by atoms with E-state index >= 15 is 0 Å². The van der Waals surface area contributed by atoms with Gasteiger partial charge in [0.1, 0.15) is 0 Å². The number of hydrogen-bond donors (Lipinski definition) is 1. The summed E-state index contributed by atoms with van der Waals surface area (Å²) in [7, 11) is 0. The molecule has 0 unspecified atom stereocenters. The smallest absolute Gasteiger partial charge is 0.0606 e. The maximum absolute atomic E-state index is 9.21. The first-order valence-electron chi connectivity index (χ1n) is 5.05. The Morgan fingerprint density at radius 1 is 1.13 bits per heavy atom. The average Bonchev–Trinajstić information content (AvgIpc) is 2.26. The summed E-state index contributed by atoms with van der Waals surface area (Å²) in [6, 6.07) is 14.7. The van der Waals surface area contributed by atoms with Crippen LogP contribution in [-0.4, -0.2) is 17.0 Å². The molecule has 0 aliphatic carbocycles. The number of benzene rings is 2. The van der Waals surface area contributed by atoms with Crippen LogP contribution in [0.3, 0.4) is 0 Å². The van der Waals surface area contributed by atoms with Crippen molar-refractivity contribution < 1.29 is 5.11 Å². The molecule has 0 aliphatic heterocycles. The molecule has 0 saturated heterocycles. The molecule has 15 heavy (non-hydrogen) atoms. The maximum atomic E-state index is 9.21. The predicted molar refractivity (Wildman–Crippen MR) is 66.4 cm³/mol. The van der Waals surface area contributed by atoms with Crippen LogP contribution in [0.2, 0.25) is 0 Å². The SMILES string of the molecule is C[C@@H](O)CSc1ccc2ccccc2c1. The summed E-state index contributed by atoms with van der Waals surface area (Å²) < 4.78 is 0. The van der Waals surface area contributed by atoms with Gasteiger partial charge in [0.15, 0.2) is 0 Å². The zero-order chi connectivity index (χ0) is 10.7. The van der Waals surface area contributed by atoms with E-state index in [9.17, 15) is 5.11 Å². The number of aliphatic hydroxyl groups excluding tert-OH is 1. The van der Waals surface area contributed by atoms with E-state index < -0.39 is 0 Å². The molecule has 0 heterocycles. The van der Waals surface area contributed by atoms with E-state index in [1.165, 1.54) is 15.7 Å². The van der Waals surface area contributed by atoms with Crippen LogP contribution in [0.1, 0.15) is 6.92 Å². The molecule has 0 amide bonds. The highest BCUT2D eigenvalue weighted by Crippen LogP contribution is 2.23. The van der Waals surface area contributed by atoms with Gasteiger partial charge >= 0.3 is 0 Å². The molecular weight excluding hydrogens is 204 g/mol. The van der Waals surface area contributed by atoms with Gasteiger partial charge in [-0.3, -0.25) is 0 Å². The topological polar surface area (TPSA) is 20.2 Å². The van der Waals surface area contributed by atoms with Crippen LogP contribution in [0.15, 0.2) is 47.4 Å². The molecule has 1 N–H and O–H groups in total. The van der Waals surface area contributed by atoms with E-state index in [4.69, 9.17) is 0 Å². The molecule has 1 nitrogen and oxygen atoms in total. The van der Waals surface area contributed by atoms with Crippen molar-refractivity contribution in [1.82, 2.24) is 0 Å². The number of aliphatic hydroxyl groups is 1. The van der Waals surface area contributed by atoms with Gasteiger partial charge in [0.2, 0.25) is 0 Å². The predicted octanol–water partition coefficient (Wildman–Crippen LogP) is 3.31. The van der Waals surface area contributed by atoms with Gasteiger partial charge in [-0.25, -0.2) is 0 Å². The Bertz CT molecular complexity index is 451. The Morgan fingerprint density at radius 3 is 2.60 bits per heavy atom. The second kappa shape index (κ2) is 4.69. The number of rotatable bonds is 3. The summed E-state index contributed by atoms with van der Waals surface area (Å²) in [5.74, 6) is 0.748. The number of fused-ring (bicyclic) bond motifs is 1. The van der Waals surface area contributed by atoms with Crippen LogP contribution in [-0.2, 0) is 0 Å². The van der Waals surface area contributed by atoms with Crippen molar-refractivity contribution in [2.24, 2.45) is 0 Å². The minimum absolute atomic E-state index is 0.249. The highest BCUT2D eigenvalue weighted by Gasteiger charge is 1.99. The third-order valence-corrected chi connectivity index (χ3v) is 3.45. The van der Waals surface area contributed by atoms with Gasteiger partial charge < -0.3 is 5.11 Å². The monoisotopic (exact) mass is 218 g/mol. The Kier molecular flexibility index (Phi) is 3.29. The van der Waals surface area contributed by atoms with Gasteiger partial charge in [-0.1, -0.05) is 30.3 Å². The van der Waals surface area contributed by atoms with Crippen LogP contribution in [0, 0.1) is 0 Å². The quantitative estimate of drug-likeness (QED) is 0.798. The lowest BCUT2D eigenvalue weighted by Crippen LogP contribution is -2.01. The molecule has 0 saturated carbocycles. The van der Waals surface area contributed by atoms with Crippen molar-refractivity contribution in [3.8, 4) is 0 Å². The fraction of sp³-hybridized carbons (Fsp3) is 0.231. The van der Waals surface area contributed by atoms with Crippen LogP contribution in [0.25, 0.3) is 10.8 Å². The van der Waals surface area contributed by atoms with Crippen molar-refractivity contribution in [2.45, 2.75) is 17.9 Å². The molecular formula is C13H14OS. The zero-order valence-corrected chi connectivity index (χ0v) is 9.50. The summed E-state index contributed by atoms with van der Waals surface area (Å²) >= 11 is 1.69. The van der Waals surface area contributed by atoms with E-state index in [0.29, 0.717) is 0 Å². The van der Waals surface area contributed by atoms with Crippen LogP contribution < -0.4 is 0 Å².